The topological polar surface area (TPSA) is 21.3 Å². The third-order valence-electron chi connectivity index (χ3n) is 4.01. The number of thioether (sulfide) groups is 1. The van der Waals surface area contributed by atoms with Crippen molar-refractivity contribution in [2.24, 2.45) is 5.41 Å². The number of rotatable bonds is 2. The fraction of sp³-hybridized carbons (Fsp3) is 0.625. The van der Waals surface area contributed by atoms with Gasteiger partial charge in [0, 0.05) is 29.8 Å². The van der Waals surface area contributed by atoms with Crippen LogP contribution in [0.1, 0.15) is 38.3 Å². The van der Waals surface area contributed by atoms with Crippen molar-refractivity contribution in [3.8, 4) is 5.75 Å². The van der Waals surface area contributed by atoms with E-state index in [0.29, 0.717) is 17.5 Å². The van der Waals surface area contributed by atoms with Crippen LogP contribution in [0.15, 0.2) is 24.3 Å². The fourth-order valence-corrected chi connectivity index (χ4v) is 4.46. The molecule has 2 nitrogen and oxygen atoms in total. The average molecular weight is 277 g/mol. The Bertz CT molecular complexity index is 446. The van der Waals surface area contributed by atoms with Gasteiger partial charge in [-0.05, 0) is 23.7 Å². The van der Waals surface area contributed by atoms with Crippen LogP contribution in [0.25, 0.3) is 0 Å². The summed E-state index contributed by atoms with van der Waals surface area (Å²) in [6.07, 6.45) is 2.36. The van der Waals surface area contributed by atoms with Crippen molar-refractivity contribution < 1.29 is 4.74 Å². The number of hydrogen-bond acceptors (Lipinski definition) is 3. The first-order valence-corrected chi connectivity index (χ1v) is 8.35. The van der Waals surface area contributed by atoms with E-state index < -0.39 is 0 Å². The molecule has 104 valence electrons. The molecule has 2 heterocycles. The van der Waals surface area contributed by atoms with Crippen molar-refractivity contribution in [1.82, 2.24) is 5.32 Å². The van der Waals surface area contributed by atoms with Crippen molar-refractivity contribution in [2.45, 2.75) is 38.8 Å². The van der Waals surface area contributed by atoms with Crippen LogP contribution in [0.3, 0.4) is 0 Å². The van der Waals surface area contributed by atoms with Crippen LogP contribution in [0.4, 0.5) is 0 Å². The Kier molecular flexibility index (Phi) is 3.77. The van der Waals surface area contributed by atoms with Gasteiger partial charge in [-0.2, -0.15) is 11.8 Å². The maximum Gasteiger partial charge on any atom is 0.124 e. The summed E-state index contributed by atoms with van der Waals surface area (Å²) in [7, 11) is 0. The molecule has 1 fully saturated rings. The molecule has 0 bridgehead atoms. The number of hydrogen-bond donors (Lipinski definition) is 1. The molecule has 1 aromatic rings. The van der Waals surface area contributed by atoms with E-state index >= 15 is 0 Å². The van der Waals surface area contributed by atoms with Crippen LogP contribution in [0.2, 0.25) is 0 Å². The molecule has 0 aromatic heterocycles. The van der Waals surface area contributed by atoms with Crippen LogP contribution in [0, 0.1) is 5.41 Å². The second-order valence-electron chi connectivity index (χ2n) is 6.47. The van der Waals surface area contributed by atoms with Gasteiger partial charge in [0.1, 0.15) is 5.75 Å². The quantitative estimate of drug-likeness (QED) is 0.892. The zero-order valence-corrected chi connectivity index (χ0v) is 12.6. The molecule has 0 amide bonds. The summed E-state index contributed by atoms with van der Waals surface area (Å²) in [6, 6.07) is 9.55. The lowest BCUT2D eigenvalue weighted by Crippen LogP contribution is -2.43. The molecule has 1 aromatic carbocycles. The summed E-state index contributed by atoms with van der Waals surface area (Å²) in [5, 5.41) is 3.87. The van der Waals surface area contributed by atoms with Crippen LogP contribution >= 0.6 is 11.8 Å². The standard InChI is InChI=1S/C16H23NOS/c1-16(2)9-12(10-19-11-16)17-14-7-8-18-15-6-4-3-5-13(14)15/h3-6,12,14,17H,7-11H2,1-2H3. The van der Waals surface area contributed by atoms with Crippen molar-refractivity contribution in [2.75, 3.05) is 18.1 Å². The van der Waals surface area contributed by atoms with Gasteiger partial charge in [-0.25, -0.2) is 0 Å². The molecule has 2 aliphatic heterocycles. The van der Waals surface area contributed by atoms with E-state index in [1.54, 1.807) is 0 Å². The fourth-order valence-electron chi connectivity index (χ4n) is 3.17. The molecule has 0 aliphatic carbocycles. The molecular formula is C16H23NOS. The minimum absolute atomic E-state index is 0.462. The Morgan fingerprint density at radius 3 is 3.00 bits per heavy atom. The van der Waals surface area contributed by atoms with Gasteiger partial charge in [-0.3, -0.25) is 0 Å². The molecule has 0 spiro atoms. The van der Waals surface area contributed by atoms with Gasteiger partial charge in [-0.1, -0.05) is 32.0 Å². The maximum atomic E-state index is 5.74. The SMILES string of the molecule is CC1(C)CSCC(NC2CCOc3ccccc32)C1. The lowest BCUT2D eigenvalue weighted by molar-refractivity contribution is 0.231. The molecule has 1 N–H and O–H groups in total. The third kappa shape index (κ3) is 3.09. The van der Waals surface area contributed by atoms with E-state index in [1.165, 1.54) is 23.5 Å². The van der Waals surface area contributed by atoms with Crippen molar-refractivity contribution in [3.05, 3.63) is 29.8 Å². The van der Waals surface area contributed by atoms with Crippen molar-refractivity contribution >= 4 is 11.8 Å². The highest BCUT2D eigenvalue weighted by Crippen LogP contribution is 2.37. The Morgan fingerprint density at radius 2 is 2.16 bits per heavy atom. The van der Waals surface area contributed by atoms with Gasteiger partial charge in [-0.15, -0.1) is 0 Å². The van der Waals surface area contributed by atoms with Crippen LogP contribution < -0.4 is 10.1 Å². The van der Waals surface area contributed by atoms with E-state index in [4.69, 9.17) is 4.74 Å². The monoisotopic (exact) mass is 277 g/mol. The third-order valence-corrected chi connectivity index (χ3v) is 5.63. The highest BCUT2D eigenvalue weighted by atomic mass is 32.2. The number of ether oxygens (including phenoxy) is 1. The van der Waals surface area contributed by atoms with E-state index in [1.807, 2.05) is 0 Å². The molecule has 2 unspecified atom stereocenters. The number of benzene rings is 1. The Morgan fingerprint density at radius 1 is 1.32 bits per heavy atom. The highest BCUT2D eigenvalue weighted by Gasteiger charge is 2.31. The van der Waals surface area contributed by atoms with Gasteiger partial charge in [0.2, 0.25) is 0 Å². The van der Waals surface area contributed by atoms with Crippen molar-refractivity contribution in [1.29, 1.82) is 0 Å². The Hall–Kier alpha value is -0.670. The van der Waals surface area contributed by atoms with Crippen LogP contribution in [0.5, 0.6) is 5.75 Å². The normalized spacial score (nSPS) is 29.4. The second kappa shape index (κ2) is 5.37. The molecule has 3 rings (SSSR count). The van der Waals surface area contributed by atoms with Gasteiger partial charge >= 0.3 is 0 Å². The average Bonchev–Trinajstić information content (AvgIpc) is 2.38. The first kappa shape index (κ1) is 13.3. The molecule has 1 saturated heterocycles. The van der Waals surface area contributed by atoms with Gasteiger partial charge in [0.15, 0.2) is 0 Å². The predicted molar refractivity (Wildman–Crippen MR) is 81.9 cm³/mol. The maximum absolute atomic E-state index is 5.74. The molecular weight excluding hydrogens is 254 g/mol. The summed E-state index contributed by atoms with van der Waals surface area (Å²) < 4.78 is 5.74. The van der Waals surface area contributed by atoms with Crippen molar-refractivity contribution in [3.63, 3.8) is 0 Å². The minimum atomic E-state index is 0.462. The summed E-state index contributed by atoms with van der Waals surface area (Å²) in [4.78, 5) is 0. The smallest absolute Gasteiger partial charge is 0.124 e. The summed E-state index contributed by atoms with van der Waals surface area (Å²) in [5.41, 5.74) is 1.80. The van der Waals surface area contributed by atoms with Gasteiger partial charge < -0.3 is 10.1 Å². The van der Waals surface area contributed by atoms with Crippen LogP contribution in [-0.4, -0.2) is 24.2 Å². The lowest BCUT2D eigenvalue weighted by Gasteiger charge is -2.38. The van der Waals surface area contributed by atoms with E-state index in [-0.39, 0.29) is 0 Å². The molecule has 3 heteroatoms. The summed E-state index contributed by atoms with van der Waals surface area (Å²) >= 11 is 2.09. The van der Waals surface area contributed by atoms with Gasteiger partial charge in [0.25, 0.3) is 0 Å². The van der Waals surface area contributed by atoms with E-state index in [0.717, 1.165) is 18.8 Å². The summed E-state index contributed by atoms with van der Waals surface area (Å²) in [5.74, 6) is 3.59. The molecule has 2 atom stereocenters. The summed E-state index contributed by atoms with van der Waals surface area (Å²) in [6.45, 7) is 5.59. The first-order valence-electron chi connectivity index (χ1n) is 7.20. The van der Waals surface area contributed by atoms with E-state index in [2.05, 4.69) is 55.2 Å². The zero-order valence-electron chi connectivity index (χ0n) is 11.8. The lowest BCUT2D eigenvalue weighted by atomic mass is 9.87. The first-order chi connectivity index (χ1) is 9.14. The molecule has 0 radical (unpaired) electrons. The Balaban J connectivity index is 1.71. The number of nitrogens with one attached hydrogen (secondary N) is 1. The molecule has 19 heavy (non-hydrogen) atoms. The minimum Gasteiger partial charge on any atom is -0.493 e. The van der Waals surface area contributed by atoms with Crippen LogP contribution in [-0.2, 0) is 0 Å². The highest BCUT2D eigenvalue weighted by molar-refractivity contribution is 7.99. The second-order valence-corrected chi connectivity index (χ2v) is 7.50. The zero-order chi connectivity index (χ0) is 13.3. The molecule has 0 saturated carbocycles. The predicted octanol–water partition coefficient (Wildman–Crippen LogP) is 3.63. The Labute approximate surface area is 120 Å². The van der Waals surface area contributed by atoms with E-state index in [9.17, 15) is 0 Å². The molecule has 2 aliphatic rings. The number of para-hydroxylation sites is 1. The largest absolute Gasteiger partial charge is 0.493 e. The number of fused-ring (bicyclic) bond motifs is 1. The van der Waals surface area contributed by atoms with Gasteiger partial charge in [0.05, 0.1) is 6.61 Å².